The Balaban J connectivity index is 1.38. The first kappa shape index (κ1) is 26.7. The van der Waals surface area contributed by atoms with Gasteiger partial charge in [0.1, 0.15) is 6.17 Å². The first-order chi connectivity index (χ1) is 17.9. The molecule has 0 spiro atoms. The largest absolute Gasteiger partial charge is 0.416 e. The average Bonchev–Trinajstić information content (AvgIpc) is 3.50. The molecule has 5 rings (SSSR count). The molecule has 0 unspecified atom stereocenters. The van der Waals surface area contributed by atoms with Gasteiger partial charge in [-0.25, -0.2) is 4.39 Å². The molecular weight excluding hydrogens is 544 g/mol. The lowest BCUT2D eigenvalue weighted by molar-refractivity contribution is -0.138. The lowest BCUT2D eigenvalue weighted by Gasteiger charge is -2.23. The molecule has 3 aromatic rings. The van der Waals surface area contributed by atoms with Gasteiger partial charge in [-0.05, 0) is 67.1 Å². The fourth-order valence-corrected chi connectivity index (χ4v) is 5.85. The first-order valence-electron chi connectivity index (χ1n) is 11.9. The van der Waals surface area contributed by atoms with Crippen LogP contribution in [0.4, 0.5) is 22.4 Å². The number of benzene rings is 2. The molecule has 0 saturated carbocycles. The summed E-state index contributed by atoms with van der Waals surface area (Å²) in [7, 11) is 0. The quantitative estimate of drug-likeness (QED) is 0.271. The summed E-state index contributed by atoms with van der Waals surface area (Å²) in [5, 5.41) is 4.38. The SMILES string of the molecule is CC(C)N1C[C@@H](F)[C@H](N2C(=O)SC(=Cc3ccc4c(cnn4Cc4ccc(Cl)cc4C(F)(F)F)c3)C2=O)C1. The van der Waals surface area contributed by atoms with Gasteiger partial charge in [-0.3, -0.25) is 24.1 Å². The third-order valence-electron chi connectivity index (χ3n) is 6.79. The van der Waals surface area contributed by atoms with Crippen molar-refractivity contribution in [2.75, 3.05) is 13.1 Å². The number of alkyl halides is 4. The van der Waals surface area contributed by atoms with Crippen molar-refractivity contribution in [3.8, 4) is 0 Å². The Kier molecular flexibility index (Phi) is 7.04. The van der Waals surface area contributed by atoms with Crippen LogP contribution >= 0.6 is 23.4 Å². The van der Waals surface area contributed by atoms with Crippen molar-refractivity contribution in [1.82, 2.24) is 19.6 Å². The van der Waals surface area contributed by atoms with Crippen LogP contribution < -0.4 is 0 Å². The van der Waals surface area contributed by atoms with E-state index in [4.69, 9.17) is 11.6 Å². The highest BCUT2D eigenvalue weighted by Crippen LogP contribution is 2.37. The van der Waals surface area contributed by atoms with Crippen LogP contribution in [0.5, 0.6) is 0 Å². The van der Waals surface area contributed by atoms with E-state index in [1.165, 1.54) is 23.0 Å². The minimum absolute atomic E-state index is 0.00679. The van der Waals surface area contributed by atoms with Gasteiger partial charge < -0.3 is 0 Å². The van der Waals surface area contributed by atoms with Gasteiger partial charge in [0.05, 0.1) is 34.8 Å². The highest BCUT2D eigenvalue weighted by atomic mass is 35.5. The molecule has 2 aliphatic heterocycles. The first-order valence-corrected chi connectivity index (χ1v) is 13.1. The number of carbonyl (C=O) groups excluding carboxylic acids is 2. The summed E-state index contributed by atoms with van der Waals surface area (Å²) in [6.45, 7) is 4.22. The Hall–Kier alpha value is -2.89. The molecule has 12 heteroatoms. The van der Waals surface area contributed by atoms with Gasteiger partial charge in [-0.2, -0.15) is 18.3 Å². The number of thioether (sulfide) groups is 1. The smallest absolute Gasteiger partial charge is 0.296 e. The van der Waals surface area contributed by atoms with Crippen molar-refractivity contribution in [3.05, 3.63) is 69.2 Å². The topological polar surface area (TPSA) is 58.4 Å². The van der Waals surface area contributed by atoms with E-state index in [-0.39, 0.29) is 34.6 Å². The van der Waals surface area contributed by atoms with E-state index >= 15 is 0 Å². The standard InChI is InChI=1S/C26H23ClF4N4O2S/c1-14(2)33-12-20(28)22(13-33)35-24(36)23(38-25(35)37)8-15-3-6-21-17(7-15)10-32-34(21)11-16-4-5-18(27)9-19(16)26(29,30)31/h3-10,14,20,22H,11-13H2,1-2H3/t20-,22-/m1/s1. The van der Waals surface area contributed by atoms with E-state index in [9.17, 15) is 27.2 Å². The van der Waals surface area contributed by atoms with Crippen molar-refractivity contribution in [3.63, 3.8) is 0 Å². The summed E-state index contributed by atoms with van der Waals surface area (Å²) < 4.78 is 56.7. The molecule has 200 valence electrons. The lowest BCUT2D eigenvalue weighted by atomic mass is 10.1. The molecule has 2 fully saturated rings. The predicted molar refractivity (Wildman–Crippen MR) is 138 cm³/mol. The number of rotatable bonds is 5. The molecule has 2 aliphatic rings. The Bertz CT molecular complexity index is 1450. The fraction of sp³-hybridized carbons (Fsp3) is 0.346. The monoisotopic (exact) mass is 566 g/mol. The number of nitrogens with zero attached hydrogens (tertiary/aromatic N) is 4. The van der Waals surface area contributed by atoms with E-state index < -0.39 is 35.1 Å². The van der Waals surface area contributed by atoms with Gasteiger partial charge in [0.25, 0.3) is 11.1 Å². The minimum Gasteiger partial charge on any atom is -0.296 e. The second-order valence-corrected chi connectivity index (χ2v) is 11.0. The fourth-order valence-electron chi connectivity index (χ4n) is 4.79. The number of amides is 2. The maximum absolute atomic E-state index is 14.7. The van der Waals surface area contributed by atoms with Gasteiger partial charge in [-0.15, -0.1) is 0 Å². The van der Waals surface area contributed by atoms with Crippen molar-refractivity contribution in [1.29, 1.82) is 0 Å². The second kappa shape index (κ2) is 10.0. The maximum Gasteiger partial charge on any atom is 0.416 e. The zero-order valence-electron chi connectivity index (χ0n) is 20.4. The highest BCUT2D eigenvalue weighted by molar-refractivity contribution is 8.18. The van der Waals surface area contributed by atoms with E-state index in [1.54, 1.807) is 24.3 Å². The van der Waals surface area contributed by atoms with Gasteiger partial charge >= 0.3 is 6.18 Å². The average molecular weight is 567 g/mol. The summed E-state index contributed by atoms with van der Waals surface area (Å²) >= 11 is 6.55. The molecule has 38 heavy (non-hydrogen) atoms. The van der Waals surface area contributed by atoms with Crippen LogP contribution in [0.1, 0.15) is 30.5 Å². The molecule has 6 nitrogen and oxygen atoms in total. The van der Waals surface area contributed by atoms with Crippen LogP contribution in [0.15, 0.2) is 47.5 Å². The lowest BCUT2D eigenvalue weighted by Crippen LogP contribution is -2.44. The molecule has 0 aliphatic carbocycles. The van der Waals surface area contributed by atoms with Crippen LogP contribution in [0.3, 0.4) is 0 Å². The molecular formula is C26H23ClF4N4O2S. The molecule has 2 atom stereocenters. The number of carbonyl (C=O) groups is 2. The van der Waals surface area contributed by atoms with Crippen LogP contribution in [-0.2, 0) is 17.5 Å². The van der Waals surface area contributed by atoms with Crippen molar-refractivity contribution in [2.45, 2.75) is 44.8 Å². The maximum atomic E-state index is 14.7. The zero-order chi connectivity index (χ0) is 27.4. The van der Waals surface area contributed by atoms with Gasteiger partial charge in [0.2, 0.25) is 0 Å². The number of fused-ring (bicyclic) bond motifs is 1. The second-order valence-electron chi connectivity index (χ2n) is 9.60. The Morgan fingerprint density at radius 3 is 2.61 bits per heavy atom. The molecule has 2 saturated heterocycles. The molecule has 0 radical (unpaired) electrons. The van der Waals surface area contributed by atoms with Crippen molar-refractivity contribution >= 4 is 51.5 Å². The normalized spacial score (nSPS) is 22.1. The summed E-state index contributed by atoms with van der Waals surface area (Å²) in [5.41, 5.74) is 0.407. The molecule has 2 aromatic carbocycles. The number of halogens is 5. The van der Waals surface area contributed by atoms with Crippen LogP contribution in [0, 0.1) is 0 Å². The van der Waals surface area contributed by atoms with E-state index in [0.29, 0.717) is 23.0 Å². The Morgan fingerprint density at radius 2 is 1.92 bits per heavy atom. The van der Waals surface area contributed by atoms with Gasteiger partial charge in [0, 0.05) is 29.5 Å². The molecule has 3 heterocycles. The Morgan fingerprint density at radius 1 is 1.16 bits per heavy atom. The summed E-state index contributed by atoms with van der Waals surface area (Å²) in [6.07, 6.45) is -2.79. The summed E-state index contributed by atoms with van der Waals surface area (Å²) in [4.78, 5) is 28.8. The predicted octanol–water partition coefficient (Wildman–Crippen LogP) is 6.22. The zero-order valence-corrected chi connectivity index (χ0v) is 21.9. The Labute approximate surface area is 225 Å². The van der Waals surface area contributed by atoms with E-state index in [0.717, 1.165) is 22.7 Å². The number of aromatic nitrogens is 2. The van der Waals surface area contributed by atoms with E-state index in [1.807, 2.05) is 18.7 Å². The van der Waals surface area contributed by atoms with E-state index in [2.05, 4.69) is 5.10 Å². The number of likely N-dealkylation sites (tertiary alicyclic amines) is 1. The molecule has 0 bridgehead atoms. The summed E-state index contributed by atoms with van der Waals surface area (Å²) in [5.74, 6) is -0.531. The van der Waals surface area contributed by atoms with Crippen molar-refractivity contribution in [2.24, 2.45) is 0 Å². The summed E-state index contributed by atoms with van der Waals surface area (Å²) in [6, 6.07) is 8.01. The molecule has 2 amide bonds. The minimum atomic E-state index is -4.56. The number of hydrogen-bond donors (Lipinski definition) is 0. The highest BCUT2D eigenvalue weighted by Gasteiger charge is 2.47. The van der Waals surface area contributed by atoms with Crippen LogP contribution in [0.25, 0.3) is 17.0 Å². The van der Waals surface area contributed by atoms with Crippen LogP contribution in [-0.4, -0.2) is 62.1 Å². The third-order valence-corrected chi connectivity index (χ3v) is 7.91. The molecule has 0 N–H and O–H groups in total. The van der Waals surface area contributed by atoms with Gasteiger partial charge in [0.15, 0.2) is 0 Å². The number of hydrogen-bond acceptors (Lipinski definition) is 5. The van der Waals surface area contributed by atoms with Crippen LogP contribution in [0.2, 0.25) is 5.02 Å². The number of imide groups is 1. The van der Waals surface area contributed by atoms with Crippen molar-refractivity contribution < 1.29 is 27.2 Å². The molecule has 1 aromatic heterocycles. The third kappa shape index (κ3) is 5.06. The van der Waals surface area contributed by atoms with Gasteiger partial charge in [-0.1, -0.05) is 23.7 Å².